The van der Waals surface area contributed by atoms with E-state index in [2.05, 4.69) is 38.7 Å². The molecule has 130 valence electrons. The van der Waals surface area contributed by atoms with E-state index in [0.717, 1.165) is 33.7 Å². The van der Waals surface area contributed by atoms with Crippen molar-refractivity contribution in [2.45, 2.75) is 17.8 Å². The van der Waals surface area contributed by atoms with E-state index in [0.29, 0.717) is 11.8 Å². The predicted molar refractivity (Wildman–Crippen MR) is 102 cm³/mol. The highest BCUT2D eigenvalue weighted by atomic mass is 32.2. The van der Waals surface area contributed by atoms with Gasteiger partial charge in [-0.2, -0.15) is 4.68 Å². The fourth-order valence-electron chi connectivity index (χ4n) is 2.76. The molecule has 0 aliphatic rings. The Morgan fingerprint density at radius 2 is 1.92 bits per heavy atom. The third kappa shape index (κ3) is 3.25. The van der Waals surface area contributed by atoms with Gasteiger partial charge in [-0.15, -0.1) is 5.10 Å². The minimum absolute atomic E-state index is 0.587. The molecule has 0 radical (unpaired) electrons. The van der Waals surface area contributed by atoms with Crippen LogP contribution in [0.3, 0.4) is 0 Å². The topological polar surface area (TPSA) is 65.7 Å². The number of pyridine rings is 1. The van der Waals surface area contributed by atoms with E-state index in [-0.39, 0.29) is 0 Å². The summed E-state index contributed by atoms with van der Waals surface area (Å²) in [5, 5.41) is 14.0. The van der Waals surface area contributed by atoms with E-state index in [4.69, 9.17) is 4.74 Å². The molecule has 0 spiro atoms. The van der Waals surface area contributed by atoms with Crippen molar-refractivity contribution in [3.05, 3.63) is 66.4 Å². The van der Waals surface area contributed by atoms with Gasteiger partial charge < -0.3 is 4.74 Å². The summed E-state index contributed by atoms with van der Waals surface area (Å²) in [4.78, 5) is 4.51. The van der Waals surface area contributed by atoms with E-state index in [1.54, 1.807) is 16.4 Å². The van der Waals surface area contributed by atoms with Crippen molar-refractivity contribution in [1.82, 2.24) is 25.2 Å². The van der Waals surface area contributed by atoms with E-state index < -0.39 is 0 Å². The molecule has 2 heterocycles. The van der Waals surface area contributed by atoms with Crippen LogP contribution in [0.4, 0.5) is 0 Å². The van der Waals surface area contributed by atoms with Crippen LogP contribution in [0.15, 0.2) is 66.0 Å². The van der Waals surface area contributed by atoms with Gasteiger partial charge in [0.05, 0.1) is 12.1 Å². The summed E-state index contributed by atoms with van der Waals surface area (Å²) in [6, 6.07) is 18.0. The van der Waals surface area contributed by atoms with Crippen LogP contribution >= 0.6 is 11.8 Å². The summed E-state index contributed by atoms with van der Waals surface area (Å²) in [5.41, 5.74) is 3.00. The molecule has 0 N–H and O–H groups in total. The molecule has 0 atom stereocenters. The molecule has 7 heteroatoms. The van der Waals surface area contributed by atoms with Crippen LogP contribution in [0.25, 0.3) is 16.6 Å². The fraction of sp³-hybridized carbons (Fsp3) is 0.158. The van der Waals surface area contributed by atoms with E-state index >= 15 is 0 Å². The quantitative estimate of drug-likeness (QED) is 0.484. The molecular formula is C19H17N5OS. The molecule has 6 nitrogen and oxygen atoms in total. The molecule has 0 saturated heterocycles. The fourth-order valence-corrected chi connectivity index (χ4v) is 3.62. The number of hydrogen-bond acceptors (Lipinski definition) is 6. The summed E-state index contributed by atoms with van der Waals surface area (Å²) in [6.07, 6.45) is 1.82. The van der Waals surface area contributed by atoms with Crippen molar-refractivity contribution in [1.29, 1.82) is 0 Å². The summed E-state index contributed by atoms with van der Waals surface area (Å²) < 4.78 is 7.42. The number of nitrogens with zero attached hydrogens (tertiary/aromatic N) is 5. The number of aromatic nitrogens is 5. The van der Waals surface area contributed by atoms with Crippen LogP contribution in [-0.4, -0.2) is 31.8 Å². The first-order chi connectivity index (χ1) is 12.9. The van der Waals surface area contributed by atoms with Crippen LogP contribution in [-0.2, 0) is 5.75 Å². The Labute approximate surface area is 155 Å². The lowest BCUT2D eigenvalue weighted by Gasteiger charge is -2.10. The summed E-state index contributed by atoms with van der Waals surface area (Å²) >= 11 is 1.57. The van der Waals surface area contributed by atoms with Crippen LogP contribution in [0.2, 0.25) is 0 Å². The van der Waals surface area contributed by atoms with Crippen molar-refractivity contribution >= 4 is 22.7 Å². The van der Waals surface area contributed by atoms with Crippen molar-refractivity contribution in [2.75, 3.05) is 6.61 Å². The van der Waals surface area contributed by atoms with Gasteiger partial charge in [0.15, 0.2) is 0 Å². The first kappa shape index (κ1) is 16.5. The highest BCUT2D eigenvalue weighted by Gasteiger charge is 2.14. The molecule has 0 amide bonds. The van der Waals surface area contributed by atoms with Crippen molar-refractivity contribution in [3.8, 4) is 11.4 Å². The second-order valence-electron chi connectivity index (χ2n) is 5.55. The average molecular weight is 363 g/mol. The molecule has 0 fully saturated rings. The SMILES string of the molecule is CCOc1ccccc1-n1nnnc1SCc1cccc2cccnc12. The molecule has 2 aromatic heterocycles. The summed E-state index contributed by atoms with van der Waals surface area (Å²) in [7, 11) is 0. The molecule has 4 rings (SSSR count). The van der Waals surface area contributed by atoms with Crippen molar-refractivity contribution in [2.24, 2.45) is 0 Å². The molecule has 2 aromatic carbocycles. The maximum Gasteiger partial charge on any atom is 0.214 e. The minimum atomic E-state index is 0.587. The normalized spacial score (nSPS) is 11.0. The molecule has 26 heavy (non-hydrogen) atoms. The second-order valence-corrected chi connectivity index (χ2v) is 6.50. The standard InChI is InChI=1S/C19H17N5OS/c1-2-25-17-11-4-3-10-16(17)24-19(21-22-23-24)26-13-15-8-5-7-14-9-6-12-20-18(14)15/h3-12H,2,13H2,1H3. The molecule has 0 bridgehead atoms. The number of thioether (sulfide) groups is 1. The van der Waals surface area contributed by atoms with Crippen molar-refractivity contribution in [3.63, 3.8) is 0 Å². The van der Waals surface area contributed by atoms with Crippen LogP contribution < -0.4 is 4.74 Å². The monoisotopic (exact) mass is 363 g/mol. The molecule has 0 aliphatic carbocycles. The lowest BCUT2D eigenvalue weighted by atomic mass is 10.1. The maximum atomic E-state index is 5.70. The van der Waals surface area contributed by atoms with E-state index in [1.165, 1.54) is 0 Å². The Morgan fingerprint density at radius 3 is 2.85 bits per heavy atom. The Morgan fingerprint density at radius 1 is 1.04 bits per heavy atom. The van der Waals surface area contributed by atoms with Gasteiger partial charge >= 0.3 is 0 Å². The number of tetrazole rings is 1. The largest absolute Gasteiger partial charge is 0.492 e. The van der Waals surface area contributed by atoms with Crippen LogP contribution in [0.1, 0.15) is 12.5 Å². The number of benzene rings is 2. The minimum Gasteiger partial charge on any atom is -0.492 e. The van der Waals surface area contributed by atoms with Gasteiger partial charge in [-0.05, 0) is 41.1 Å². The Bertz CT molecular complexity index is 1030. The third-order valence-electron chi connectivity index (χ3n) is 3.91. The predicted octanol–water partition coefficient (Wildman–Crippen LogP) is 3.90. The summed E-state index contributed by atoms with van der Waals surface area (Å²) in [6.45, 7) is 2.54. The molecule has 4 aromatic rings. The molecule has 0 saturated carbocycles. The highest BCUT2D eigenvalue weighted by Crippen LogP contribution is 2.29. The average Bonchev–Trinajstić information content (AvgIpc) is 3.15. The first-order valence-electron chi connectivity index (χ1n) is 8.33. The Balaban J connectivity index is 1.62. The Kier molecular flexibility index (Phi) is 4.79. The molecule has 0 unspecified atom stereocenters. The highest BCUT2D eigenvalue weighted by molar-refractivity contribution is 7.98. The molecule has 0 aliphatic heterocycles. The van der Waals surface area contributed by atoms with Gasteiger partial charge in [-0.1, -0.05) is 48.2 Å². The van der Waals surface area contributed by atoms with Crippen LogP contribution in [0.5, 0.6) is 5.75 Å². The van der Waals surface area contributed by atoms with Gasteiger partial charge in [0, 0.05) is 17.3 Å². The number of fused-ring (bicyclic) bond motifs is 1. The zero-order valence-corrected chi connectivity index (χ0v) is 15.1. The number of rotatable bonds is 6. The van der Waals surface area contributed by atoms with Gasteiger partial charge in [0.2, 0.25) is 5.16 Å². The second kappa shape index (κ2) is 7.53. The lowest BCUT2D eigenvalue weighted by molar-refractivity contribution is 0.337. The first-order valence-corrected chi connectivity index (χ1v) is 9.31. The number of para-hydroxylation sites is 3. The number of ether oxygens (including phenoxy) is 1. The van der Waals surface area contributed by atoms with Gasteiger partial charge in [0.1, 0.15) is 11.4 Å². The zero-order valence-electron chi connectivity index (χ0n) is 14.2. The molecular weight excluding hydrogens is 346 g/mol. The van der Waals surface area contributed by atoms with Crippen molar-refractivity contribution < 1.29 is 4.74 Å². The Hall–Kier alpha value is -2.93. The van der Waals surface area contributed by atoms with Crippen LogP contribution in [0, 0.1) is 0 Å². The maximum absolute atomic E-state index is 5.70. The van der Waals surface area contributed by atoms with E-state index in [9.17, 15) is 0 Å². The summed E-state index contributed by atoms with van der Waals surface area (Å²) in [5.74, 6) is 1.49. The van der Waals surface area contributed by atoms with E-state index in [1.807, 2.05) is 49.5 Å². The number of hydrogen-bond donors (Lipinski definition) is 0. The smallest absolute Gasteiger partial charge is 0.214 e. The van der Waals surface area contributed by atoms with Gasteiger partial charge in [0.25, 0.3) is 0 Å². The van der Waals surface area contributed by atoms with Gasteiger partial charge in [-0.25, -0.2) is 0 Å². The van der Waals surface area contributed by atoms with Gasteiger partial charge in [-0.3, -0.25) is 4.98 Å². The third-order valence-corrected chi connectivity index (χ3v) is 4.88. The lowest BCUT2D eigenvalue weighted by Crippen LogP contribution is -2.03. The zero-order chi connectivity index (χ0) is 17.8.